The maximum atomic E-state index is 11.2. The minimum Gasteiger partial charge on any atom is -0.466 e. The van der Waals surface area contributed by atoms with Crippen LogP contribution in [0.1, 0.15) is 56.9 Å². The van der Waals surface area contributed by atoms with Crippen LogP contribution in [0.3, 0.4) is 0 Å². The molecular weight excluding hydrogens is 288 g/mol. The van der Waals surface area contributed by atoms with E-state index in [0.717, 1.165) is 12.8 Å². The Bertz CT molecular complexity index is 453. The topological polar surface area (TPSA) is 46.5 Å². The number of ether oxygens (including phenoxy) is 1. The van der Waals surface area contributed by atoms with Gasteiger partial charge < -0.3 is 9.84 Å². The summed E-state index contributed by atoms with van der Waals surface area (Å²) in [5.74, 6) is -0.518. The zero-order valence-corrected chi connectivity index (χ0v) is 14.3. The van der Waals surface area contributed by atoms with Crippen LogP contribution in [-0.4, -0.2) is 24.3 Å². The lowest BCUT2D eigenvalue weighted by molar-refractivity contribution is -0.137. The van der Waals surface area contributed by atoms with Crippen molar-refractivity contribution >= 4 is 5.97 Å². The Morgan fingerprint density at radius 3 is 2.22 bits per heavy atom. The number of carbonyl (C=O) groups excluding carboxylic acids is 1. The molecule has 0 heterocycles. The summed E-state index contributed by atoms with van der Waals surface area (Å²) in [6.45, 7) is 3.57. The van der Waals surface area contributed by atoms with Crippen molar-refractivity contribution in [1.29, 1.82) is 0 Å². The lowest BCUT2D eigenvalue weighted by Crippen LogP contribution is -2.18. The van der Waals surface area contributed by atoms with Crippen molar-refractivity contribution in [2.24, 2.45) is 0 Å². The third-order valence-electron chi connectivity index (χ3n) is 4.14. The van der Waals surface area contributed by atoms with Gasteiger partial charge in [-0.3, -0.25) is 0 Å². The second-order valence-electron chi connectivity index (χ2n) is 6.03. The van der Waals surface area contributed by atoms with Crippen LogP contribution < -0.4 is 0 Å². The number of esters is 1. The van der Waals surface area contributed by atoms with Gasteiger partial charge in [0.1, 0.15) is 0 Å². The third kappa shape index (κ3) is 8.56. The van der Waals surface area contributed by atoms with Gasteiger partial charge in [0, 0.05) is 0 Å². The highest BCUT2D eigenvalue weighted by Crippen LogP contribution is 2.14. The summed E-state index contributed by atoms with van der Waals surface area (Å²) >= 11 is 0. The highest BCUT2D eigenvalue weighted by molar-refractivity contribution is 5.88. The molecule has 3 nitrogen and oxygen atoms in total. The Labute approximate surface area is 140 Å². The van der Waals surface area contributed by atoms with E-state index in [4.69, 9.17) is 0 Å². The van der Waals surface area contributed by atoms with Crippen molar-refractivity contribution in [3.63, 3.8) is 0 Å². The van der Waals surface area contributed by atoms with Gasteiger partial charge in [0.05, 0.1) is 18.8 Å². The first-order valence-electron chi connectivity index (χ1n) is 8.64. The van der Waals surface area contributed by atoms with E-state index in [0.29, 0.717) is 6.42 Å². The van der Waals surface area contributed by atoms with Crippen molar-refractivity contribution in [3.8, 4) is 0 Å². The fourth-order valence-corrected chi connectivity index (χ4v) is 2.64. The summed E-state index contributed by atoms with van der Waals surface area (Å²) in [5.41, 5.74) is 1.58. The van der Waals surface area contributed by atoms with Crippen LogP contribution in [0, 0.1) is 0 Å². The Morgan fingerprint density at radius 1 is 1.04 bits per heavy atom. The maximum Gasteiger partial charge on any atom is 0.335 e. The van der Waals surface area contributed by atoms with E-state index in [1.165, 1.54) is 51.2 Å². The average molecular weight is 318 g/mol. The SMILES string of the molecule is C=C(C(=O)OC)C(O)CCCCCCCCCc1ccccc1. The third-order valence-corrected chi connectivity index (χ3v) is 4.14. The average Bonchev–Trinajstić information content (AvgIpc) is 2.59. The molecule has 0 aliphatic carbocycles. The first kappa shape index (κ1) is 19.4. The number of aryl methyl sites for hydroxylation is 1. The van der Waals surface area contributed by atoms with E-state index in [1.807, 2.05) is 0 Å². The molecule has 0 saturated carbocycles. The van der Waals surface area contributed by atoms with Crippen molar-refractivity contribution in [3.05, 3.63) is 48.0 Å². The Balaban J connectivity index is 1.93. The smallest absolute Gasteiger partial charge is 0.335 e. The van der Waals surface area contributed by atoms with E-state index >= 15 is 0 Å². The molecule has 128 valence electrons. The molecule has 23 heavy (non-hydrogen) atoms. The molecule has 1 aromatic carbocycles. The molecule has 0 amide bonds. The van der Waals surface area contributed by atoms with E-state index in [2.05, 4.69) is 41.6 Å². The molecule has 1 unspecified atom stereocenters. The summed E-state index contributed by atoms with van der Waals surface area (Å²) in [6, 6.07) is 10.6. The molecule has 1 N–H and O–H groups in total. The van der Waals surface area contributed by atoms with Crippen LogP contribution >= 0.6 is 0 Å². The van der Waals surface area contributed by atoms with E-state index in [-0.39, 0.29) is 5.57 Å². The summed E-state index contributed by atoms with van der Waals surface area (Å²) in [6.07, 6.45) is 9.21. The number of hydrogen-bond acceptors (Lipinski definition) is 3. The summed E-state index contributed by atoms with van der Waals surface area (Å²) in [4.78, 5) is 11.2. The minimum atomic E-state index is -0.770. The second kappa shape index (κ2) is 11.9. The van der Waals surface area contributed by atoms with Crippen LogP contribution in [0.15, 0.2) is 42.5 Å². The maximum absolute atomic E-state index is 11.2. The standard InChI is InChI=1S/C20H30O3/c1-17(20(22)23-2)19(21)16-12-7-5-3-4-6-9-13-18-14-10-8-11-15-18/h8,10-11,14-15,19,21H,1,3-7,9,12-13,16H2,2H3. The van der Waals surface area contributed by atoms with Gasteiger partial charge in [0.2, 0.25) is 0 Å². The van der Waals surface area contributed by atoms with Gasteiger partial charge in [0.15, 0.2) is 0 Å². The number of hydrogen-bond donors (Lipinski definition) is 1. The fourth-order valence-electron chi connectivity index (χ4n) is 2.64. The van der Waals surface area contributed by atoms with E-state index in [1.54, 1.807) is 0 Å². The molecule has 1 atom stereocenters. The Hall–Kier alpha value is -1.61. The molecule has 0 aliphatic rings. The lowest BCUT2D eigenvalue weighted by atomic mass is 10.0. The summed E-state index contributed by atoms with van der Waals surface area (Å²) < 4.78 is 4.55. The van der Waals surface area contributed by atoms with Gasteiger partial charge in [-0.15, -0.1) is 0 Å². The van der Waals surface area contributed by atoms with Gasteiger partial charge in [0.25, 0.3) is 0 Å². The van der Waals surface area contributed by atoms with Crippen LogP contribution in [0.5, 0.6) is 0 Å². The Kier molecular flexibility index (Phi) is 10.0. The number of aliphatic hydroxyl groups is 1. The van der Waals surface area contributed by atoms with E-state index < -0.39 is 12.1 Å². The van der Waals surface area contributed by atoms with Gasteiger partial charge >= 0.3 is 5.97 Å². The normalized spacial score (nSPS) is 11.9. The fraction of sp³-hybridized carbons (Fsp3) is 0.550. The highest BCUT2D eigenvalue weighted by atomic mass is 16.5. The van der Waals surface area contributed by atoms with Crippen LogP contribution in [-0.2, 0) is 16.0 Å². The number of methoxy groups -OCH3 is 1. The predicted molar refractivity (Wildman–Crippen MR) is 94.2 cm³/mol. The molecular formula is C20H30O3. The number of rotatable bonds is 12. The van der Waals surface area contributed by atoms with Crippen molar-refractivity contribution < 1.29 is 14.6 Å². The van der Waals surface area contributed by atoms with Gasteiger partial charge in [-0.05, 0) is 24.8 Å². The summed E-state index contributed by atoms with van der Waals surface area (Å²) in [7, 11) is 1.30. The second-order valence-corrected chi connectivity index (χ2v) is 6.03. The lowest BCUT2D eigenvalue weighted by Gasteiger charge is -2.11. The van der Waals surface area contributed by atoms with Crippen molar-refractivity contribution in [1.82, 2.24) is 0 Å². The van der Waals surface area contributed by atoms with Crippen molar-refractivity contribution in [2.75, 3.05) is 7.11 Å². The molecule has 1 rings (SSSR count). The quantitative estimate of drug-likeness (QED) is 0.352. The Morgan fingerprint density at radius 2 is 1.61 bits per heavy atom. The predicted octanol–water partition coefficient (Wildman–Crippen LogP) is 4.44. The highest BCUT2D eigenvalue weighted by Gasteiger charge is 2.16. The number of aliphatic hydroxyl groups excluding tert-OH is 1. The first-order valence-corrected chi connectivity index (χ1v) is 8.64. The molecule has 0 aliphatic heterocycles. The number of benzene rings is 1. The van der Waals surface area contributed by atoms with Crippen molar-refractivity contribution in [2.45, 2.75) is 63.9 Å². The monoisotopic (exact) mass is 318 g/mol. The molecule has 0 saturated heterocycles. The molecule has 0 spiro atoms. The van der Waals surface area contributed by atoms with Gasteiger partial charge in [-0.1, -0.05) is 75.4 Å². The zero-order valence-electron chi connectivity index (χ0n) is 14.3. The molecule has 0 aromatic heterocycles. The molecule has 0 fully saturated rings. The summed E-state index contributed by atoms with van der Waals surface area (Å²) in [5, 5.41) is 9.80. The zero-order chi connectivity index (χ0) is 16.9. The number of carbonyl (C=O) groups is 1. The van der Waals surface area contributed by atoms with Crippen LogP contribution in [0.4, 0.5) is 0 Å². The van der Waals surface area contributed by atoms with E-state index in [9.17, 15) is 9.90 Å². The van der Waals surface area contributed by atoms with Gasteiger partial charge in [-0.25, -0.2) is 4.79 Å². The minimum absolute atomic E-state index is 0.161. The molecule has 0 radical (unpaired) electrons. The van der Waals surface area contributed by atoms with Crippen LogP contribution in [0.25, 0.3) is 0 Å². The van der Waals surface area contributed by atoms with Gasteiger partial charge in [-0.2, -0.15) is 0 Å². The van der Waals surface area contributed by atoms with Crippen LogP contribution in [0.2, 0.25) is 0 Å². The largest absolute Gasteiger partial charge is 0.466 e. The first-order chi connectivity index (χ1) is 11.1. The molecule has 3 heteroatoms. The number of unbranched alkanes of at least 4 members (excludes halogenated alkanes) is 6. The molecule has 0 bridgehead atoms. The molecule has 1 aromatic rings.